The van der Waals surface area contributed by atoms with Crippen LogP contribution in [0.25, 0.3) is 0 Å². The van der Waals surface area contributed by atoms with Crippen LogP contribution < -0.4 is 5.32 Å². The normalized spacial score (nSPS) is 23.8. The summed E-state index contributed by atoms with van der Waals surface area (Å²) < 4.78 is 10.9. The molecule has 2 aliphatic heterocycles. The van der Waals surface area contributed by atoms with Crippen LogP contribution in [0, 0.1) is 0 Å². The zero-order chi connectivity index (χ0) is 16.7. The average Bonchev–Trinajstić information content (AvgIpc) is 2.51. The van der Waals surface area contributed by atoms with Crippen molar-refractivity contribution in [2.45, 2.75) is 51.7 Å². The zero-order valence-electron chi connectivity index (χ0n) is 15.0. The lowest BCUT2D eigenvalue weighted by atomic mass is 10.0. The molecule has 2 aliphatic rings. The number of nitrogens with zero attached hydrogens (tertiary/aromatic N) is 2. The van der Waals surface area contributed by atoms with Crippen LogP contribution in [0.15, 0.2) is 0 Å². The van der Waals surface area contributed by atoms with Gasteiger partial charge < -0.3 is 19.7 Å². The van der Waals surface area contributed by atoms with E-state index in [1.165, 1.54) is 6.42 Å². The largest absolute Gasteiger partial charge is 0.444 e. The topological polar surface area (TPSA) is 54.0 Å². The van der Waals surface area contributed by atoms with Crippen LogP contribution in [0.3, 0.4) is 0 Å². The summed E-state index contributed by atoms with van der Waals surface area (Å²) in [6.45, 7) is 13.2. The predicted molar refractivity (Wildman–Crippen MR) is 90.7 cm³/mol. The lowest BCUT2D eigenvalue weighted by molar-refractivity contribution is 0.00962. The van der Waals surface area contributed by atoms with E-state index in [0.29, 0.717) is 0 Å². The number of piperidine rings is 1. The second kappa shape index (κ2) is 8.85. The first-order chi connectivity index (χ1) is 11.0. The average molecular weight is 327 g/mol. The second-order valence-electron chi connectivity index (χ2n) is 7.48. The van der Waals surface area contributed by atoms with E-state index in [4.69, 9.17) is 9.47 Å². The van der Waals surface area contributed by atoms with Crippen molar-refractivity contribution in [2.75, 3.05) is 52.5 Å². The lowest BCUT2D eigenvalue weighted by Gasteiger charge is -2.37. The highest BCUT2D eigenvalue weighted by atomic mass is 16.6. The fourth-order valence-electron chi connectivity index (χ4n) is 3.10. The maximum absolute atomic E-state index is 12.4. The SMILES string of the molecule is CC(C)(C)OC(=O)N1CCCCC1CNCCN1CCOCC1. The van der Waals surface area contributed by atoms with Gasteiger partial charge in [-0.25, -0.2) is 4.79 Å². The van der Waals surface area contributed by atoms with Gasteiger partial charge in [0.1, 0.15) is 5.60 Å². The molecule has 0 saturated carbocycles. The molecule has 0 aliphatic carbocycles. The lowest BCUT2D eigenvalue weighted by Crippen LogP contribution is -2.51. The highest BCUT2D eigenvalue weighted by Gasteiger charge is 2.30. The van der Waals surface area contributed by atoms with Crippen molar-refractivity contribution in [1.82, 2.24) is 15.1 Å². The number of carbonyl (C=O) groups excluding carboxylic acids is 1. The van der Waals surface area contributed by atoms with E-state index in [1.54, 1.807) is 0 Å². The molecule has 1 atom stereocenters. The van der Waals surface area contributed by atoms with E-state index < -0.39 is 5.60 Å². The third-order valence-electron chi connectivity index (χ3n) is 4.34. The molecule has 0 bridgehead atoms. The Morgan fingerprint density at radius 1 is 1.22 bits per heavy atom. The van der Waals surface area contributed by atoms with Crippen LogP contribution in [0.2, 0.25) is 0 Å². The zero-order valence-corrected chi connectivity index (χ0v) is 15.0. The van der Waals surface area contributed by atoms with Gasteiger partial charge in [0.05, 0.1) is 13.2 Å². The summed E-state index contributed by atoms with van der Waals surface area (Å²) in [7, 11) is 0. The molecule has 1 unspecified atom stereocenters. The highest BCUT2D eigenvalue weighted by Crippen LogP contribution is 2.20. The van der Waals surface area contributed by atoms with Gasteiger partial charge in [0.15, 0.2) is 0 Å². The molecule has 0 aromatic heterocycles. The third-order valence-corrected chi connectivity index (χ3v) is 4.34. The molecule has 0 aromatic rings. The van der Waals surface area contributed by atoms with E-state index in [2.05, 4.69) is 10.2 Å². The molecule has 0 radical (unpaired) electrons. The number of carbonyl (C=O) groups is 1. The third kappa shape index (κ3) is 6.65. The number of likely N-dealkylation sites (tertiary alicyclic amines) is 1. The predicted octanol–water partition coefficient (Wildman–Crippen LogP) is 1.70. The Bertz CT molecular complexity index is 365. The molecular weight excluding hydrogens is 294 g/mol. The standard InChI is InChI=1S/C17H33N3O3/c1-17(2,3)23-16(21)20-8-5-4-6-15(20)14-18-7-9-19-10-12-22-13-11-19/h15,18H,4-14H2,1-3H3. The monoisotopic (exact) mass is 327 g/mol. The molecule has 2 fully saturated rings. The van der Waals surface area contributed by atoms with E-state index >= 15 is 0 Å². The summed E-state index contributed by atoms with van der Waals surface area (Å²) in [5.41, 5.74) is -0.428. The minimum atomic E-state index is -0.428. The van der Waals surface area contributed by atoms with Gasteiger partial charge in [0, 0.05) is 45.3 Å². The van der Waals surface area contributed by atoms with Crippen molar-refractivity contribution < 1.29 is 14.3 Å². The summed E-state index contributed by atoms with van der Waals surface area (Å²) in [6, 6.07) is 0.253. The number of hydrogen-bond donors (Lipinski definition) is 1. The number of hydrogen-bond acceptors (Lipinski definition) is 5. The minimum absolute atomic E-state index is 0.169. The molecule has 6 nitrogen and oxygen atoms in total. The van der Waals surface area contributed by atoms with Crippen LogP contribution in [-0.2, 0) is 9.47 Å². The van der Waals surface area contributed by atoms with E-state index in [0.717, 1.165) is 65.3 Å². The van der Waals surface area contributed by atoms with Gasteiger partial charge in [-0.15, -0.1) is 0 Å². The molecule has 2 heterocycles. The van der Waals surface area contributed by atoms with Crippen molar-refractivity contribution in [3.05, 3.63) is 0 Å². The van der Waals surface area contributed by atoms with Gasteiger partial charge in [-0.2, -0.15) is 0 Å². The second-order valence-corrected chi connectivity index (χ2v) is 7.48. The van der Waals surface area contributed by atoms with Gasteiger partial charge in [-0.1, -0.05) is 0 Å². The molecule has 1 N–H and O–H groups in total. The molecule has 23 heavy (non-hydrogen) atoms. The Morgan fingerprint density at radius 3 is 2.65 bits per heavy atom. The molecule has 6 heteroatoms. The van der Waals surface area contributed by atoms with Gasteiger partial charge in [-0.05, 0) is 40.0 Å². The fraction of sp³-hybridized carbons (Fsp3) is 0.941. The van der Waals surface area contributed by atoms with Crippen LogP contribution in [0.5, 0.6) is 0 Å². The Kier molecular flexibility index (Phi) is 7.11. The Hall–Kier alpha value is -0.850. The summed E-state index contributed by atoms with van der Waals surface area (Å²) in [4.78, 5) is 16.7. The van der Waals surface area contributed by atoms with Gasteiger partial charge in [-0.3, -0.25) is 4.90 Å². The van der Waals surface area contributed by atoms with Crippen LogP contribution in [0.4, 0.5) is 4.79 Å². The molecule has 0 aromatic carbocycles. The van der Waals surface area contributed by atoms with Crippen molar-refractivity contribution in [2.24, 2.45) is 0 Å². The Morgan fingerprint density at radius 2 is 1.96 bits per heavy atom. The van der Waals surface area contributed by atoms with Gasteiger partial charge >= 0.3 is 6.09 Å². The first kappa shape index (κ1) is 18.5. The maximum Gasteiger partial charge on any atom is 0.410 e. The Balaban J connectivity index is 1.71. The summed E-state index contributed by atoms with van der Waals surface area (Å²) in [5.74, 6) is 0. The fourth-order valence-corrected chi connectivity index (χ4v) is 3.10. The number of nitrogens with one attached hydrogen (secondary N) is 1. The van der Waals surface area contributed by atoms with Crippen LogP contribution in [0.1, 0.15) is 40.0 Å². The molecule has 2 rings (SSSR count). The smallest absolute Gasteiger partial charge is 0.410 e. The summed E-state index contributed by atoms with van der Waals surface area (Å²) in [5, 5.41) is 3.52. The number of amides is 1. The molecule has 0 spiro atoms. The number of ether oxygens (including phenoxy) is 2. The summed E-state index contributed by atoms with van der Waals surface area (Å²) >= 11 is 0. The highest BCUT2D eigenvalue weighted by molar-refractivity contribution is 5.68. The van der Waals surface area contributed by atoms with Gasteiger partial charge in [0.25, 0.3) is 0 Å². The molecule has 1 amide bonds. The first-order valence-electron chi connectivity index (χ1n) is 8.96. The quantitative estimate of drug-likeness (QED) is 0.779. The van der Waals surface area contributed by atoms with E-state index in [1.807, 2.05) is 25.7 Å². The molecule has 2 saturated heterocycles. The van der Waals surface area contributed by atoms with Crippen molar-refractivity contribution in [3.8, 4) is 0 Å². The van der Waals surface area contributed by atoms with Crippen LogP contribution in [-0.4, -0.2) is 80.0 Å². The van der Waals surface area contributed by atoms with E-state index in [-0.39, 0.29) is 12.1 Å². The number of morpholine rings is 1. The van der Waals surface area contributed by atoms with Crippen LogP contribution >= 0.6 is 0 Å². The van der Waals surface area contributed by atoms with Gasteiger partial charge in [0.2, 0.25) is 0 Å². The maximum atomic E-state index is 12.4. The van der Waals surface area contributed by atoms with Crippen molar-refractivity contribution >= 4 is 6.09 Å². The van der Waals surface area contributed by atoms with Crippen molar-refractivity contribution in [3.63, 3.8) is 0 Å². The molecular formula is C17H33N3O3. The molecule has 134 valence electrons. The minimum Gasteiger partial charge on any atom is -0.444 e. The van der Waals surface area contributed by atoms with Crippen molar-refractivity contribution in [1.29, 1.82) is 0 Å². The van der Waals surface area contributed by atoms with E-state index in [9.17, 15) is 4.79 Å². The first-order valence-corrected chi connectivity index (χ1v) is 8.96. The Labute approximate surface area is 140 Å². The summed E-state index contributed by atoms with van der Waals surface area (Å²) in [6.07, 6.45) is 3.15. The number of rotatable bonds is 5.